The van der Waals surface area contributed by atoms with Crippen molar-refractivity contribution in [2.45, 2.75) is 37.6 Å². The predicted molar refractivity (Wildman–Crippen MR) is 59.7 cm³/mol. The third-order valence-electron chi connectivity index (χ3n) is 4.99. The van der Waals surface area contributed by atoms with Gasteiger partial charge < -0.3 is 14.6 Å². The molecule has 2 bridgehead atoms. The Bertz CT molecular complexity index is 291. The van der Waals surface area contributed by atoms with Crippen molar-refractivity contribution in [3.8, 4) is 0 Å². The highest BCUT2D eigenvalue weighted by molar-refractivity contribution is 5.09. The second-order valence-electron chi connectivity index (χ2n) is 5.48. The van der Waals surface area contributed by atoms with Crippen molar-refractivity contribution in [3.05, 3.63) is 12.8 Å². The van der Waals surface area contributed by atoms with Gasteiger partial charge in [0.2, 0.25) is 0 Å². The molecular formula is C13H20O3. The summed E-state index contributed by atoms with van der Waals surface area (Å²) in [6.07, 6.45) is 4.95. The van der Waals surface area contributed by atoms with E-state index in [1.165, 1.54) is 6.42 Å². The van der Waals surface area contributed by atoms with Crippen LogP contribution in [-0.4, -0.2) is 30.5 Å². The van der Waals surface area contributed by atoms with Crippen LogP contribution in [0.15, 0.2) is 12.8 Å². The number of fused-ring (bicyclic) bond motifs is 5. The summed E-state index contributed by atoms with van der Waals surface area (Å²) in [5.41, 5.74) is 0. The van der Waals surface area contributed by atoms with Crippen LogP contribution in [0.4, 0.5) is 0 Å². The van der Waals surface area contributed by atoms with Crippen molar-refractivity contribution in [2.24, 2.45) is 23.7 Å². The van der Waals surface area contributed by atoms with E-state index in [9.17, 15) is 5.11 Å². The third kappa shape index (κ3) is 1.28. The number of aliphatic hydroxyl groups excluding tert-OH is 1. The smallest absolute Gasteiger partial charge is 0.101 e. The summed E-state index contributed by atoms with van der Waals surface area (Å²) < 4.78 is 11.1. The fourth-order valence-corrected chi connectivity index (χ4v) is 4.58. The van der Waals surface area contributed by atoms with Crippen LogP contribution in [0, 0.1) is 23.7 Å². The van der Waals surface area contributed by atoms with Crippen molar-refractivity contribution >= 4 is 0 Å². The minimum atomic E-state index is -0.271. The van der Waals surface area contributed by atoms with Gasteiger partial charge in [0.15, 0.2) is 0 Å². The Kier molecular flexibility index (Phi) is 2.48. The Morgan fingerprint density at radius 1 is 1.25 bits per heavy atom. The lowest BCUT2D eigenvalue weighted by Gasteiger charge is -2.32. The Morgan fingerprint density at radius 3 is 2.75 bits per heavy atom. The summed E-state index contributed by atoms with van der Waals surface area (Å²) in [6, 6.07) is 0. The van der Waals surface area contributed by atoms with E-state index in [0.29, 0.717) is 29.8 Å². The van der Waals surface area contributed by atoms with Crippen LogP contribution in [0.2, 0.25) is 0 Å². The number of hydrogen-bond acceptors (Lipinski definition) is 3. The molecule has 0 heterocycles. The van der Waals surface area contributed by atoms with Gasteiger partial charge in [-0.1, -0.05) is 6.58 Å². The van der Waals surface area contributed by atoms with Crippen molar-refractivity contribution < 1.29 is 14.6 Å². The van der Waals surface area contributed by atoms with Crippen LogP contribution >= 0.6 is 0 Å². The number of aliphatic hydroxyl groups is 1. The fraction of sp³-hybridized carbons (Fsp3) is 0.846. The molecule has 0 aromatic rings. The van der Waals surface area contributed by atoms with Crippen LogP contribution in [0.1, 0.15) is 19.3 Å². The van der Waals surface area contributed by atoms with E-state index >= 15 is 0 Å². The lowest BCUT2D eigenvalue weighted by atomic mass is 9.79. The van der Waals surface area contributed by atoms with Crippen molar-refractivity contribution in [3.63, 3.8) is 0 Å². The molecule has 90 valence electrons. The van der Waals surface area contributed by atoms with Gasteiger partial charge in [0.1, 0.15) is 6.10 Å². The summed E-state index contributed by atoms with van der Waals surface area (Å²) in [5.74, 6) is 2.46. The number of hydrogen-bond donors (Lipinski definition) is 1. The van der Waals surface area contributed by atoms with Crippen LogP contribution < -0.4 is 0 Å². The molecule has 0 radical (unpaired) electrons. The SMILES string of the molecule is C=COC1CC2CC1C1CC(O)C(OC)C21. The van der Waals surface area contributed by atoms with E-state index < -0.39 is 0 Å². The lowest BCUT2D eigenvalue weighted by Crippen LogP contribution is -2.35. The minimum Gasteiger partial charge on any atom is -0.498 e. The fourth-order valence-electron chi connectivity index (χ4n) is 4.58. The molecule has 3 nitrogen and oxygen atoms in total. The zero-order valence-corrected chi connectivity index (χ0v) is 9.71. The monoisotopic (exact) mass is 224 g/mol. The second-order valence-corrected chi connectivity index (χ2v) is 5.48. The lowest BCUT2D eigenvalue weighted by molar-refractivity contribution is -0.0334. The van der Waals surface area contributed by atoms with Gasteiger partial charge in [0.05, 0.1) is 18.5 Å². The highest BCUT2D eigenvalue weighted by atomic mass is 16.5. The summed E-state index contributed by atoms with van der Waals surface area (Å²) >= 11 is 0. The van der Waals surface area contributed by atoms with Crippen molar-refractivity contribution in [1.82, 2.24) is 0 Å². The first-order valence-corrected chi connectivity index (χ1v) is 6.23. The van der Waals surface area contributed by atoms with Crippen LogP contribution in [0.5, 0.6) is 0 Å². The Hall–Kier alpha value is -0.540. The molecule has 3 heteroatoms. The highest BCUT2D eigenvalue weighted by Gasteiger charge is 2.60. The van der Waals surface area contributed by atoms with Gasteiger partial charge in [0.25, 0.3) is 0 Å². The number of rotatable bonds is 3. The van der Waals surface area contributed by atoms with Gasteiger partial charge >= 0.3 is 0 Å². The zero-order chi connectivity index (χ0) is 11.3. The van der Waals surface area contributed by atoms with Gasteiger partial charge in [-0.25, -0.2) is 0 Å². The maximum Gasteiger partial charge on any atom is 0.101 e. The van der Waals surface area contributed by atoms with E-state index in [4.69, 9.17) is 9.47 Å². The van der Waals surface area contributed by atoms with Gasteiger partial charge in [-0.15, -0.1) is 0 Å². The Morgan fingerprint density at radius 2 is 2.06 bits per heavy atom. The molecule has 1 N–H and O–H groups in total. The molecule has 0 aliphatic heterocycles. The molecule has 0 saturated heterocycles. The molecule has 0 amide bonds. The molecule has 0 spiro atoms. The van der Waals surface area contributed by atoms with E-state index in [1.807, 2.05) is 0 Å². The first kappa shape index (κ1) is 10.6. The predicted octanol–water partition coefficient (Wildman–Crippen LogP) is 1.57. The zero-order valence-electron chi connectivity index (χ0n) is 9.71. The van der Waals surface area contributed by atoms with Crippen molar-refractivity contribution in [1.29, 1.82) is 0 Å². The van der Waals surface area contributed by atoms with Gasteiger partial charge in [-0.3, -0.25) is 0 Å². The van der Waals surface area contributed by atoms with E-state index in [-0.39, 0.29) is 12.2 Å². The van der Waals surface area contributed by atoms with Crippen LogP contribution in [0.25, 0.3) is 0 Å². The first-order valence-electron chi connectivity index (χ1n) is 6.23. The van der Waals surface area contributed by atoms with Gasteiger partial charge in [-0.05, 0) is 42.9 Å². The summed E-state index contributed by atoms with van der Waals surface area (Å²) in [4.78, 5) is 0. The standard InChI is InChI=1S/C13H20O3/c1-3-16-11-5-7-4-8(11)9-6-10(14)13(15-2)12(7)9/h3,7-14H,1,4-6H2,2H3. The molecule has 3 aliphatic carbocycles. The summed E-state index contributed by atoms with van der Waals surface area (Å²) in [5, 5.41) is 9.99. The average Bonchev–Trinajstić information content (AvgIpc) is 2.87. The Labute approximate surface area is 96.4 Å². The van der Waals surface area contributed by atoms with Crippen molar-refractivity contribution in [2.75, 3.05) is 7.11 Å². The maximum absolute atomic E-state index is 9.99. The number of ether oxygens (including phenoxy) is 2. The third-order valence-corrected chi connectivity index (χ3v) is 4.99. The van der Waals surface area contributed by atoms with E-state index in [2.05, 4.69) is 6.58 Å². The largest absolute Gasteiger partial charge is 0.498 e. The molecule has 7 atom stereocenters. The topological polar surface area (TPSA) is 38.7 Å². The molecule has 0 aromatic heterocycles. The second kappa shape index (κ2) is 3.74. The summed E-state index contributed by atoms with van der Waals surface area (Å²) in [7, 11) is 1.72. The van der Waals surface area contributed by atoms with Crippen LogP contribution in [-0.2, 0) is 9.47 Å². The molecule has 0 aromatic carbocycles. The molecule has 3 fully saturated rings. The van der Waals surface area contributed by atoms with Gasteiger partial charge in [0, 0.05) is 7.11 Å². The number of methoxy groups -OCH3 is 1. The average molecular weight is 224 g/mol. The Balaban J connectivity index is 1.78. The highest BCUT2D eigenvalue weighted by Crippen LogP contribution is 2.60. The molecule has 3 rings (SSSR count). The normalized spacial score (nSPS) is 54.0. The molecule has 3 aliphatic rings. The van der Waals surface area contributed by atoms with E-state index in [1.54, 1.807) is 13.4 Å². The molecule has 16 heavy (non-hydrogen) atoms. The maximum atomic E-state index is 9.99. The molecule has 7 unspecified atom stereocenters. The van der Waals surface area contributed by atoms with Crippen LogP contribution in [0.3, 0.4) is 0 Å². The van der Waals surface area contributed by atoms with E-state index in [0.717, 1.165) is 12.8 Å². The van der Waals surface area contributed by atoms with Gasteiger partial charge in [-0.2, -0.15) is 0 Å². The molecule has 3 saturated carbocycles. The quantitative estimate of drug-likeness (QED) is 0.739. The summed E-state index contributed by atoms with van der Waals surface area (Å²) in [6.45, 7) is 3.64. The molecular weight excluding hydrogens is 204 g/mol. The first-order chi connectivity index (χ1) is 7.76. The minimum absolute atomic E-state index is 0.0599.